The Hall–Kier alpha value is -3.59. The summed E-state index contributed by atoms with van der Waals surface area (Å²) < 4.78 is 59.5. The smallest absolute Gasteiger partial charge is 0.417 e. The maximum atomic E-state index is 13.6. The van der Waals surface area contributed by atoms with Gasteiger partial charge in [-0.2, -0.15) is 13.2 Å². The van der Waals surface area contributed by atoms with Gasteiger partial charge in [-0.25, -0.2) is 4.39 Å². The molecule has 0 heterocycles. The molecule has 0 fully saturated rings. The Balaban J connectivity index is 2.05. The third-order valence-electron chi connectivity index (χ3n) is 4.08. The van der Waals surface area contributed by atoms with E-state index in [-0.39, 0.29) is 22.0 Å². The average Bonchev–Trinajstić information content (AvgIpc) is 2.69. The number of amides is 2. The zero-order valence-corrected chi connectivity index (χ0v) is 16.2. The van der Waals surface area contributed by atoms with Crippen LogP contribution in [0.25, 0.3) is 0 Å². The maximum absolute atomic E-state index is 13.6. The van der Waals surface area contributed by atoms with E-state index in [1.54, 1.807) is 0 Å². The topological polar surface area (TPSA) is 81.4 Å². The van der Waals surface area contributed by atoms with E-state index in [4.69, 9.17) is 22.1 Å². The second-order valence-electron chi connectivity index (χ2n) is 6.25. The Morgan fingerprint density at radius 1 is 0.968 bits per heavy atom. The number of benzene rings is 3. The van der Waals surface area contributed by atoms with Crippen LogP contribution < -0.4 is 15.8 Å². The predicted octanol–water partition coefficient (Wildman–Crippen LogP) is 5.64. The first-order valence-electron chi connectivity index (χ1n) is 8.60. The number of nitrogens with two attached hydrogens (primary N) is 1. The number of alkyl halides is 3. The second-order valence-corrected chi connectivity index (χ2v) is 6.66. The molecule has 3 aromatic carbocycles. The third kappa shape index (κ3) is 5.13. The summed E-state index contributed by atoms with van der Waals surface area (Å²) in [5, 5.41) is 2.10. The van der Waals surface area contributed by atoms with Crippen molar-refractivity contribution in [3.05, 3.63) is 88.2 Å². The fourth-order valence-corrected chi connectivity index (χ4v) is 2.91. The highest BCUT2D eigenvalue weighted by atomic mass is 35.5. The molecular weight excluding hydrogens is 440 g/mol. The van der Waals surface area contributed by atoms with Crippen LogP contribution in [-0.4, -0.2) is 11.8 Å². The van der Waals surface area contributed by atoms with Gasteiger partial charge < -0.3 is 15.8 Å². The number of ether oxygens (including phenoxy) is 1. The van der Waals surface area contributed by atoms with Crippen molar-refractivity contribution in [2.24, 2.45) is 5.73 Å². The van der Waals surface area contributed by atoms with E-state index in [0.29, 0.717) is 6.07 Å². The summed E-state index contributed by atoms with van der Waals surface area (Å²) >= 11 is 5.89. The molecule has 10 heteroatoms. The highest BCUT2D eigenvalue weighted by Crippen LogP contribution is 2.39. The summed E-state index contributed by atoms with van der Waals surface area (Å²) in [6.07, 6.45) is -4.88. The number of primary amides is 1. The molecule has 0 radical (unpaired) electrons. The summed E-state index contributed by atoms with van der Waals surface area (Å²) in [6.45, 7) is 0. The van der Waals surface area contributed by atoms with Gasteiger partial charge in [0, 0.05) is 11.3 Å². The van der Waals surface area contributed by atoms with Crippen molar-refractivity contribution in [3.8, 4) is 11.5 Å². The van der Waals surface area contributed by atoms with Gasteiger partial charge in [-0.3, -0.25) is 9.59 Å². The van der Waals surface area contributed by atoms with Gasteiger partial charge in [-0.15, -0.1) is 0 Å². The van der Waals surface area contributed by atoms with E-state index in [2.05, 4.69) is 5.32 Å². The zero-order valence-electron chi connectivity index (χ0n) is 15.5. The molecule has 0 aliphatic carbocycles. The van der Waals surface area contributed by atoms with Gasteiger partial charge >= 0.3 is 6.18 Å². The number of rotatable bonds is 5. The van der Waals surface area contributed by atoms with Crippen LogP contribution in [0, 0.1) is 5.82 Å². The second kappa shape index (κ2) is 8.65. The lowest BCUT2D eigenvalue weighted by Gasteiger charge is -2.17. The number of hydrogen-bond acceptors (Lipinski definition) is 3. The molecule has 0 aliphatic heterocycles. The van der Waals surface area contributed by atoms with Gasteiger partial charge in [0.15, 0.2) is 0 Å². The number of hydrogen-bond donors (Lipinski definition) is 2. The Morgan fingerprint density at radius 3 is 2.32 bits per heavy atom. The summed E-state index contributed by atoms with van der Waals surface area (Å²) in [7, 11) is 0. The number of nitrogens with one attached hydrogen (secondary N) is 1. The Labute approximate surface area is 178 Å². The van der Waals surface area contributed by atoms with Crippen molar-refractivity contribution >= 4 is 29.1 Å². The zero-order chi connectivity index (χ0) is 22.8. The average molecular weight is 453 g/mol. The normalized spacial score (nSPS) is 11.1. The Bertz CT molecular complexity index is 1170. The first-order valence-corrected chi connectivity index (χ1v) is 8.98. The van der Waals surface area contributed by atoms with Crippen LogP contribution in [-0.2, 0) is 6.18 Å². The molecule has 0 bridgehead atoms. The molecule has 31 heavy (non-hydrogen) atoms. The molecule has 0 saturated heterocycles. The molecule has 0 aromatic heterocycles. The van der Waals surface area contributed by atoms with Crippen LogP contribution in [0.4, 0.5) is 23.2 Å². The van der Waals surface area contributed by atoms with Crippen LogP contribution in [0.3, 0.4) is 0 Å². The van der Waals surface area contributed by atoms with E-state index in [0.717, 1.165) is 30.3 Å². The number of anilines is 1. The van der Waals surface area contributed by atoms with E-state index in [1.165, 1.54) is 24.3 Å². The van der Waals surface area contributed by atoms with Crippen molar-refractivity contribution in [1.29, 1.82) is 0 Å². The molecule has 5 nitrogen and oxygen atoms in total. The van der Waals surface area contributed by atoms with Gasteiger partial charge in [0.2, 0.25) is 5.91 Å². The van der Waals surface area contributed by atoms with Crippen LogP contribution in [0.5, 0.6) is 11.5 Å². The van der Waals surface area contributed by atoms with Gasteiger partial charge in [-0.05, 0) is 48.5 Å². The molecule has 2 amide bonds. The number of halogens is 5. The van der Waals surface area contributed by atoms with E-state index in [9.17, 15) is 27.2 Å². The molecule has 3 N–H and O–H groups in total. The standard InChI is InChI=1S/C21H13ClF4N2O3/c22-15-10-12(23)7-8-16(15)31-17-6-2-5-14(21(24,25)26)18(17)20(30)28-13-4-1-3-11(9-13)19(27)29/h1-10H,(H2,27,29)(H,28,30). The molecule has 0 atom stereocenters. The number of carbonyl (C=O) groups is 2. The monoisotopic (exact) mass is 452 g/mol. The summed E-state index contributed by atoms with van der Waals surface area (Å²) in [4.78, 5) is 24.1. The first kappa shape index (κ1) is 22.1. The lowest BCUT2D eigenvalue weighted by molar-refractivity contribution is -0.138. The molecule has 0 aliphatic rings. The summed E-state index contributed by atoms with van der Waals surface area (Å²) in [5.41, 5.74) is 3.20. The van der Waals surface area contributed by atoms with Crippen LogP contribution in [0.2, 0.25) is 5.02 Å². The van der Waals surface area contributed by atoms with Gasteiger partial charge in [0.25, 0.3) is 5.91 Å². The Kier molecular flexibility index (Phi) is 6.16. The van der Waals surface area contributed by atoms with Crippen LogP contribution in [0.1, 0.15) is 26.3 Å². The molecule has 160 valence electrons. The van der Waals surface area contributed by atoms with E-state index >= 15 is 0 Å². The predicted molar refractivity (Wildman–Crippen MR) is 106 cm³/mol. The maximum Gasteiger partial charge on any atom is 0.417 e. The summed E-state index contributed by atoms with van der Waals surface area (Å²) in [6, 6.07) is 11.3. The SMILES string of the molecule is NC(=O)c1cccc(NC(=O)c2c(Oc3ccc(F)cc3Cl)cccc2C(F)(F)F)c1. The Morgan fingerprint density at radius 2 is 1.68 bits per heavy atom. The van der Waals surface area contributed by atoms with Crippen molar-refractivity contribution in [1.82, 2.24) is 0 Å². The third-order valence-corrected chi connectivity index (χ3v) is 4.37. The van der Waals surface area contributed by atoms with Crippen molar-refractivity contribution in [2.75, 3.05) is 5.32 Å². The minimum Gasteiger partial charge on any atom is -0.455 e. The van der Waals surface area contributed by atoms with Gasteiger partial charge in [0.1, 0.15) is 17.3 Å². The lowest BCUT2D eigenvalue weighted by atomic mass is 10.0. The first-order chi connectivity index (χ1) is 14.6. The van der Waals surface area contributed by atoms with Crippen LogP contribution >= 0.6 is 11.6 Å². The molecule has 0 spiro atoms. The van der Waals surface area contributed by atoms with E-state index in [1.807, 2.05) is 0 Å². The van der Waals surface area contributed by atoms with Crippen LogP contribution in [0.15, 0.2) is 60.7 Å². The minimum absolute atomic E-state index is 0.0454. The molecule has 3 aromatic rings. The molecule has 0 saturated carbocycles. The lowest BCUT2D eigenvalue weighted by Crippen LogP contribution is -2.20. The van der Waals surface area contributed by atoms with Crippen molar-refractivity contribution < 1.29 is 31.9 Å². The van der Waals surface area contributed by atoms with Crippen molar-refractivity contribution in [2.45, 2.75) is 6.18 Å². The minimum atomic E-state index is -4.88. The molecule has 3 rings (SSSR count). The van der Waals surface area contributed by atoms with Crippen molar-refractivity contribution in [3.63, 3.8) is 0 Å². The van der Waals surface area contributed by atoms with E-state index < -0.39 is 40.7 Å². The highest BCUT2D eigenvalue weighted by molar-refractivity contribution is 6.32. The number of carbonyl (C=O) groups excluding carboxylic acids is 2. The van der Waals surface area contributed by atoms with Gasteiger partial charge in [-0.1, -0.05) is 23.7 Å². The molecular formula is C21H13ClF4N2O3. The fourth-order valence-electron chi connectivity index (χ4n) is 2.71. The quantitative estimate of drug-likeness (QED) is 0.491. The fraction of sp³-hybridized carbons (Fsp3) is 0.0476. The molecule has 0 unspecified atom stereocenters. The largest absolute Gasteiger partial charge is 0.455 e. The van der Waals surface area contributed by atoms with Gasteiger partial charge in [0.05, 0.1) is 16.1 Å². The summed E-state index contributed by atoms with van der Waals surface area (Å²) in [5.74, 6) is -3.20. The highest BCUT2D eigenvalue weighted by Gasteiger charge is 2.37.